The summed E-state index contributed by atoms with van der Waals surface area (Å²) in [6.07, 6.45) is 5.03. The van der Waals surface area contributed by atoms with Crippen LogP contribution in [-0.2, 0) is 11.2 Å². The van der Waals surface area contributed by atoms with Crippen LogP contribution in [0.3, 0.4) is 0 Å². The molecule has 0 spiro atoms. The second-order valence-electron chi connectivity index (χ2n) is 5.81. The number of carbonyl (C=O) groups is 1. The largest absolute Gasteiger partial charge is 0.437 e. The lowest BCUT2D eigenvalue weighted by Gasteiger charge is -2.09. The molecule has 0 unspecified atom stereocenters. The number of benzene rings is 2. The monoisotopic (exact) mass is 379 g/mol. The summed E-state index contributed by atoms with van der Waals surface area (Å²) in [4.78, 5) is 20.6. The molecule has 0 bridgehead atoms. The fourth-order valence-electron chi connectivity index (χ4n) is 2.43. The van der Waals surface area contributed by atoms with Gasteiger partial charge in [0.1, 0.15) is 5.75 Å². The van der Waals surface area contributed by atoms with E-state index in [4.69, 9.17) is 4.74 Å². The van der Waals surface area contributed by atoms with E-state index >= 15 is 0 Å². The van der Waals surface area contributed by atoms with Crippen LogP contribution in [0.2, 0.25) is 0 Å². The molecule has 0 fully saturated rings. The molecule has 0 radical (unpaired) electrons. The second-order valence-corrected chi connectivity index (χ2v) is 6.77. The van der Waals surface area contributed by atoms with Crippen LogP contribution in [0, 0.1) is 0 Å². The first-order valence-electron chi connectivity index (χ1n) is 8.78. The maximum absolute atomic E-state index is 12.1. The summed E-state index contributed by atoms with van der Waals surface area (Å²) in [5, 5.41) is 3.54. The maximum atomic E-state index is 12.1. The number of hydrogen-bond donors (Lipinski definition) is 1. The minimum absolute atomic E-state index is 0.0237. The summed E-state index contributed by atoms with van der Waals surface area (Å²) in [6.45, 7) is 0.655. The highest BCUT2D eigenvalue weighted by molar-refractivity contribution is 8.00. The minimum Gasteiger partial charge on any atom is -0.437 e. The number of hydrogen-bond acceptors (Lipinski definition) is 5. The van der Waals surface area contributed by atoms with Gasteiger partial charge in [-0.2, -0.15) is 0 Å². The number of aryl methyl sites for hydroxylation is 1. The zero-order chi connectivity index (χ0) is 18.7. The van der Waals surface area contributed by atoms with E-state index in [0.717, 1.165) is 12.8 Å². The molecule has 1 heterocycles. The lowest BCUT2D eigenvalue weighted by molar-refractivity contribution is -0.118. The van der Waals surface area contributed by atoms with Gasteiger partial charge in [-0.25, -0.2) is 9.97 Å². The normalized spacial score (nSPS) is 10.4. The SMILES string of the molecule is O=C(CSc1nccnc1Oc1ccccc1)NCCCc1ccccc1. The Labute approximate surface area is 163 Å². The van der Waals surface area contributed by atoms with Crippen molar-refractivity contribution in [3.05, 3.63) is 78.6 Å². The van der Waals surface area contributed by atoms with Crippen molar-refractivity contribution in [3.8, 4) is 11.6 Å². The molecule has 1 amide bonds. The van der Waals surface area contributed by atoms with Crippen LogP contribution in [0.25, 0.3) is 0 Å². The van der Waals surface area contributed by atoms with Gasteiger partial charge in [-0.15, -0.1) is 0 Å². The Bertz CT molecular complexity index is 844. The number of amides is 1. The highest BCUT2D eigenvalue weighted by atomic mass is 32.2. The van der Waals surface area contributed by atoms with Crippen LogP contribution in [-0.4, -0.2) is 28.2 Å². The van der Waals surface area contributed by atoms with Gasteiger partial charge in [0, 0.05) is 18.9 Å². The Balaban J connectivity index is 1.43. The molecule has 0 aliphatic heterocycles. The molecule has 6 heteroatoms. The number of thioether (sulfide) groups is 1. The molecular formula is C21H21N3O2S. The van der Waals surface area contributed by atoms with E-state index in [1.807, 2.05) is 48.5 Å². The number of ether oxygens (including phenoxy) is 1. The fraction of sp³-hybridized carbons (Fsp3) is 0.190. The van der Waals surface area contributed by atoms with Crippen molar-refractivity contribution in [2.24, 2.45) is 0 Å². The summed E-state index contributed by atoms with van der Waals surface area (Å²) in [6, 6.07) is 19.7. The van der Waals surface area contributed by atoms with Gasteiger partial charge in [0.2, 0.25) is 5.91 Å². The number of rotatable bonds is 9. The van der Waals surface area contributed by atoms with Crippen LogP contribution in [0.15, 0.2) is 78.1 Å². The Kier molecular flexibility index (Phi) is 7.24. The third kappa shape index (κ3) is 6.42. The third-order valence-corrected chi connectivity index (χ3v) is 4.70. The molecule has 0 saturated heterocycles. The van der Waals surface area contributed by atoms with Crippen LogP contribution >= 0.6 is 11.8 Å². The van der Waals surface area contributed by atoms with Gasteiger partial charge in [0.15, 0.2) is 5.03 Å². The number of para-hydroxylation sites is 1. The van der Waals surface area contributed by atoms with Crippen LogP contribution in [0.5, 0.6) is 11.6 Å². The predicted molar refractivity (Wildman–Crippen MR) is 107 cm³/mol. The highest BCUT2D eigenvalue weighted by Crippen LogP contribution is 2.28. The van der Waals surface area contributed by atoms with E-state index in [-0.39, 0.29) is 11.7 Å². The molecule has 138 valence electrons. The Morgan fingerprint density at radius 3 is 2.44 bits per heavy atom. The molecule has 0 saturated carbocycles. The van der Waals surface area contributed by atoms with Gasteiger partial charge in [-0.1, -0.05) is 60.3 Å². The molecule has 2 aromatic carbocycles. The zero-order valence-electron chi connectivity index (χ0n) is 14.9. The molecule has 1 aromatic heterocycles. The van der Waals surface area contributed by atoms with Gasteiger partial charge in [-0.05, 0) is 30.5 Å². The topological polar surface area (TPSA) is 64.1 Å². The molecule has 0 aliphatic carbocycles. The first kappa shape index (κ1) is 18.9. The average Bonchev–Trinajstić information content (AvgIpc) is 2.72. The highest BCUT2D eigenvalue weighted by Gasteiger charge is 2.11. The van der Waals surface area contributed by atoms with Crippen molar-refractivity contribution < 1.29 is 9.53 Å². The number of nitrogens with one attached hydrogen (secondary N) is 1. The van der Waals surface area contributed by atoms with E-state index in [1.165, 1.54) is 17.3 Å². The van der Waals surface area contributed by atoms with Crippen molar-refractivity contribution >= 4 is 17.7 Å². The van der Waals surface area contributed by atoms with Crippen LogP contribution in [0.4, 0.5) is 0 Å². The first-order valence-corrected chi connectivity index (χ1v) is 9.77. The van der Waals surface area contributed by atoms with Gasteiger partial charge < -0.3 is 10.1 Å². The minimum atomic E-state index is -0.0237. The molecular weight excluding hydrogens is 358 g/mol. The molecule has 1 N–H and O–H groups in total. The van der Waals surface area contributed by atoms with E-state index in [2.05, 4.69) is 27.4 Å². The maximum Gasteiger partial charge on any atom is 0.252 e. The van der Waals surface area contributed by atoms with Crippen molar-refractivity contribution in [2.75, 3.05) is 12.3 Å². The fourth-order valence-corrected chi connectivity index (χ4v) is 3.15. The summed E-state index contributed by atoms with van der Waals surface area (Å²) < 4.78 is 5.76. The summed E-state index contributed by atoms with van der Waals surface area (Å²) in [5.41, 5.74) is 1.28. The molecule has 0 aliphatic rings. The third-order valence-electron chi connectivity index (χ3n) is 3.74. The molecule has 27 heavy (non-hydrogen) atoms. The van der Waals surface area contributed by atoms with E-state index in [1.54, 1.807) is 12.4 Å². The molecule has 3 aromatic rings. The Morgan fingerprint density at radius 2 is 1.67 bits per heavy atom. The summed E-state index contributed by atoms with van der Waals surface area (Å²) in [7, 11) is 0. The lowest BCUT2D eigenvalue weighted by Crippen LogP contribution is -2.26. The van der Waals surface area contributed by atoms with Crippen LogP contribution < -0.4 is 10.1 Å². The van der Waals surface area contributed by atoms with Gasteiger partial charge in [0.25, 0.3) is 5.88 Å². The van der Waals surface area contributed by atoms with Crippen molar-refractivity contribution in [1.82, 2.24) is 15.3 Å². The van der Waals surface area contributed by atoms with Gasteiger partial charge in [-0.3, -0.25) is 4.79 Å². The van der Waals surface area contributed by atoms with E-state index < -0.39 is 0 Å². The number of carbonyl (C=O) groups excluding carboxylic acids is 1. The Morgan fingerprint density at radius 1 is 0.963 bits per heavy atom. The molecule has 3 rings (SSSR count). The molecule has 0 atom stereocenters. The second kappa shape index (κ2) is 10.3. The van der Waals surface area contributed by atoms with Gasteiger partial charge in [0.05, 0.1) is 5.75 Å². The quantitative estimate of drug-likeness (QED) is 0.448. The number of nitrogens with zero attached hydrogens (tertiary/aromatic N) is 2. The first-order chi connectivity index (χ1) is 13.3. The van der Waals surface area contributed by atoms with E-state index in [9.17, 15) is 4.79 Å². The van der Waals surface area contributed by atoms with Crippen LogP contribution in [0.1, 0.15) is 12.0 Å². The smallest absolute Gasteiger partial charge is 0.252 e. The van der Waals surface area contributed by atoms with Crippen molar-refractivity contribution in [3.63, 3.8) is 0 Å². The predicted octanol–water partition coefficient (Wildman–Crippen LogP) is 4.11. The van der Waals surface area contributed by atoms with E-state index in [0.29, 0.717) is 23.2 Å². The lowest BCUT2D eigenvalue weighted by atomic mass is 10.1. The Hall–Kier alpha value is -2.86. The number of aromatic nitrogens is 2. The zero-order valence-corrected chi connectivity index (χ0v) is 15.7. The standard InChI is InChI=1S/C21H21N3O2S/c25-19(22-13-7-10-17-8-3-1-4-9-17)16-27-21-20(23-14-15-24-21)26-18-11-5-2-6-12-18/h1-6,8-9,11-12,14-15H,7,10,13,16H2,(H,22,25). The van der Waals surface area contributed by atoms with Crippen molar-refractivity contribution in [2.45, 2.75) is 17.9 Å². The molecule has 5 nitrogen and oxygen atoms in total. The average molecular weight is 379 g/mol. The van der Waals surface area contributed by atoms with Crippen molar-refractivity contribution in [1.29, 1.82) is 0 Å². The van der Waals surface area contributed by atoms with Gasteiger partial charge >= 0.3 is 0 Å². The summed E-state index contributed by atoms with van der Waals surface area (Å²) in [5.74, 6) is 1.34. The summed E-state index contributed by atoms with van der Waals surface area (Å²) >= 11 is 1.32.